The minimum atomic E-state index is -1.09. The van der Waals surface area contributed by atoms with E-state index in [0.29, 0.717) is 47.2 Å². The predicted octanol–water partition coefficient (Wildman–Crippen LogP) is 3.89. The Morgan fingerprint density at radius 2 is 1.98 bits per heavy atom. The number of fused-ring (bicyclic) bond motifs is 2. The number of halogens is 3. The van der Waals surface area contributed by atoms with Crippen molar-refractivity contribution in [2.45, 2.75) is 38.0 Å². The number of aliphatic hydroxyl groups excluding tert-OH is 1. The summed E-state index contributed by atoms with van der Waals surface area (Å²) in [4.78, 5) is 37.9. The topological polar surface area (TPSA) is 110 Å². The number of nitrogens with one attached hydrogen (secondary N) is 2. The molecule has 220 valence electrons. The number of benzene rings is 2. The van der Waals surface area contributed by atoms with Crippen molar-refractivity contribution in [1.29, 1.82) is 0 Å². The van der Waals surface area contributed by atoms with E-state index in [1.165, 1.54) is 6.20 Å². The van der Waals surface area contributed by atoms with E-state index in [4.69, 9.17) is 21.3 Å². The Balaban J connectivity index is 1.15. The number of aromatic amines is 1. The molecule has 0 unspecified atom stereocenters. The molecular weight excluding hydrogens is 568 g/mol. The van der Waals surface area contributed by atoms with Crippen molar-refractivity contribution in [3.05, 3.63) is 85.8 Å². The van der Waals surface area contributed by atoms with Crippen LogP contribution >= 0.6 is 11.6 Å². The summed E-state index contributed by atoms with van der Waals surface area (Å²) in [5.74, 6) is -2.00. The average molecular weight is 598 g/mol. The molecule has 1 fully saturated rings. The Hall–Kier alpha value is -3.80. The van der Waals surface area contributed by atoms with Crippen LogP contribution < -0.4 is 15.6 Å². The minimum absolute atomic E-state index is 0.0261. The number of amides is 1. The van der Waals surface area contributed by atoms with Crippen LogP contribution in [0.5, 0.6) is 5.75 Å². The highest BCUT2D eigenvalue weighted by atomic mass is 35.5. The highest BCUT2D eigenvalue weighted by Gasteiger charge is 2.35. The summed E-state index contributed by atoms with van der Waals surface area (Å²) in [6.45, 7) is 2.21. The lowest BCUT2D eigenvalue weighted by atomic mass is 10.00. The van der Waals surface area contributed by atoms with Gasteiger partial charge in [-0.1, -0.05) is 17.7 Å². The van der Waals surface area contributed by atoms with Crippen molar-refractivity contribution in [3.8, 4) is 5.75 Å². The molecule has 3 aliphatic heterocycles. The van der Waals surface area contributed by atoms with E-state index in [1.807, 2.05) is 17.0 Å². The molecule has 0 radical (unpaired) electrons. The third-order valence-corrected chi connectivity index (χ3v) is 8.41. The Kier molecular flexibility index (Phi) is 7.73. The number of H-pyrrole nitrogens is 1. The number of hydrogen-bond donors (Lipinski definition) is 3. The Morgan fingerprint density at radius 1 is 1.19 bits per heavy atom. The summed E-state index contributed by atoms with van der Waals surface area (Å²) in [7, 11) is 2.10. The van der Waals surface area contributed by atoms with Gasteiger partial charge in [0.1, 0.15) is 35.1 Å². The standard InChI is InChI=1S/C30H30ClF2N5O4/c1-37-6-3-19(4-7-37)38-14-17-8-16-9-25(36-24(16)12-21(17)30(38)41)27-23(2-5-34-29(27)40)35-13-20(39)15-42-26-11-18(32)10-22(33)28(26)31/h2,5,8,10-12,19-20,39H,3-4,6-7,9,13-15H2,1H3,(H2,34,35,40)/t20-/m1/s1. The number of nitrogens with zero attached hydrogens (tertiary/aromatic N) is 3. The highest BCUT2D eigenvalue weighted by molar-refractivity contribution is 6.32. The maximum absolute atomic E-state index is 13.7. The number of ether oxygens (including phenoxy) is 1. The lowest BCUT2D eigenvalue weighted by Gasteiger charge is -2.34. The van der Waals surface area contributed by atoms with E-state index in [2.05, 4.69) is 22.2 Å². The molecule has 0 aliphatic carbocycles. The van der Waals surface area contributed by atoms with E-state index in [9.17, 15) is 23.5 Å². The quantitative estimate of drug-likeness (QED) is 0.340. The first-order valence-electron chi connectivity index (χ1n) is 13.8. The smallest absolute Gasteiger partial charge is 0.259 e. The fraction of sp³-hybridized carbons (Fsp3) is 0.367. The van der Waals surface area contributed by atoms with E-state index in [0.717, 1.165) is 43.1 Å². The fourth-order valence-electron chi connectivity index (χ4n) is 5.80. The molecule has 12 heteroatoms. The number of anilines is 1. The molecule has 1 aromatic heterocycles. The van der Waals surface area contributed by atoms with Crippen LogP contribution in [0.2, 0.25) is 5.02 Å². The van der Waals surface area contributed by atoms with Gasteiger partial charge in [0.15, 0.2) is 0 Å². The number of aliphatic imine (C=N–C) groups is 1. The number of aromatic nitrogens is 1. The lowest BCUT2D eigenvalue weighted by molar-refractivity contribution is 0.0617. The van der Waals surface area contributed by atoms with Gasteiger partial charge in [0.2, 0.25) is 0 Å². The largest absolute Gasteiger partial charge is 0.489 e. The molecule has 3 aliphatic rings. The predicted molar refractivity (Wildman–Crippen MR) is 155 cm³/mol. The van der Waals surface area contributed by atoms with E-state index in [-0.39, 0.29) is 41.4 Å². The molecule has 3 N–H and O–H groups in total. The van der Waals surface area contributed by atoms with Gasteiger partial charge in [-0.2, -0.15) is 0 Å². The third-order valence-electron chi connectivity index (χ3n) is 8.05. The zero-order valence-corrected chi connectivity index (χ0v) is 23.7. The zero-order valence-electron chi connectivity index (χ0n) is 22.9. The van der Waals surface area contributed by atoms with E-state index >= 15 is 0 Å². The maximum atomic E-state index is 13.7. The van der Waals surface area contributed by atoms with Crippen molar-refractivity contribution in [3.63, 3.8) is 0 Å². The number of hydrogen-bond acceptors (Lipinski definition) is 7. The van der Waals surface area contributed by atoms with Crippen LogP contribution in [0.4, 0.5) is 20.2 Å². The molecule has 6 rings (SSSR count). The van der Waals surface area contributed by atoms with Crippen LogP contribution in [-0.4, -0.2) is 76.9 Å². The summed E-state index contributed by atoms with van der Waals surface area (Å²) < 4.78 is 32.5. The Bertz CT molecular complexity index is 1640. The van der Waals surface area contributed by atoms with Gasteiger partial charge in [0.05, 0.1) is 22.6 Å². The number of likely N-dealkylation sites (tertiary alicyclic amines) is 1. The molecule has 0 spiro atoms. The molecular formula is C30H30ClF2N5O4. The van der Waals surface area contributed by atoms with Crippen molar-refractivity contribution in [2.24, 2.45) is 4.99 Å². The van der Waals surface area contributed by atoms with Gasteiger partial charge in [-0.15, -0.1) is 0 Å². The van der Waals surface area contributed by atoms with Crippen molar-refractivity contribution >= 4 is 34.6 Å². The second kappa shape index (κ2) is 11.5. The van der Waals surface area contributed by atoms with E-state index < -0.39 is 17.7 Å². The van der Waals surface area contributed by atoms with Crippen molar-refractivity contribution in [2.75, 3.05) is 38.6 Å². The van der Waals surface area contributed by atoms with Gasteiger partial charge < -0.3 is 29.9 Å². The summed E-state index contributed by atoms with van der Waals surface area (Å²) in [5.41, 5.74) is 4.25. The van der Waals surface area contributed by atoms with Gasteiger partial charge in [-0.05, 0) is 56.2 Å². The fourth-order valence-corrected chi connectivity index (χ4v) is 5.97. The first-order valence-corrected chi connectivity index (χ1v) is 14.2. The lowest BCUT2D eigenvalue weighted by Crippen LogP contribution is -2.43. The molecule has 1 amide bonds. The molecule has 2 aromatic carbocycles. The molecule has 9 nitrogen and oxygen atoms in total. The van der Waals surface area contributed by atoms with Crippen molar-refractivity contribution in [1.82, 2.24) is 14.8 Å². The van der Waals surface area contributed by atoms with E-state index in [1.54, 1.807) is 6.07 Å². The van der Waals surface area contributed by atoms with Crippen molar-refractivity contribution < 1.29 is 23.4 Å². The number of piperidine rings is 1. The minimum Gasteiger partial charge on any atom is -0.489 e. The summed E-state index contributed by atoms with van der Waals surface area (Å²) in [6, 6.07) is 7.34. The Labute approximate surface area is 245 Å². The van der Waals surface area contributed by atoms with Crippen LogP contribution in [0.1, 0.15) is 39.9 Å². The molecule has 1 saturated heterocycles. The third kappa shape index (κ3) is 5.51. The molecule has 4 heterocycles. The van der Waals surface area contributed by atoms with Crippen LogP contribution in [0.25, 0.3) is 0 Å². The van der Waals surface area contributed by atoms with Gasteiger partial charge in [0, 0.05) is 49.4 Å². The first-order chi connectivity index (χ1) is 20.2. The van der Waals surface area contributed by atoms with Crippen LogP contribution in [0, 0.1) is 11.6 Å². The molecule has 1 atom stereocenters. The summed E-state index contributed by atoms with van der Waals surface area (Å²) in [5, 5.41) is 13.1. The summed E-state index contributed by atoms with van der Waals surface area (Å²) in [6.07, 6.45) is 2.73. The number of rotatable bonds is 8. The van der Waals surface area contributed by atoms with Gasteiger partial charge in [-0.3, -0.25) is 14.6 Å². The first kappa shape index (κ1) is 28.3. The van der Waals surface area contributed by atoms with Gasteiger partial charge in [0.25, 0.3) is 11.5 Å². The maximum Gasteiger partial charge on any atom is 0.259 e. The number of carbonyl (C=O) groups is 1. The normalized spacial score (nSPS) is 17.7. The average Bonchev–Trinajstić information content (AvgIpc) is 3.52. The number of pyridine rings is 1. The number of aliphatic hydroxyl groups is 1. The van der Waals surface area contributed by atoms with Crippen LogP contribution in [0.3, 0.4) is 0 Å². The molecule has 3 aromatic rings. The Morgan fingerprint density at radius 3 is 2.76 bits per heavy atom. The monoisotopic (exact) mass is 597 g/mol. The van der Waals surface area contributed by atoms with Crippen LogP contribution in [0.15, 0.2) is 46.3 Å². The summed E-state index contributed by atoms with van der Waals surface area (Å²) >= 11 is 5.82. The van der Waals surface area contributed by atoms with Gasteiger partial charge in [-0.25, -0.2) is 8.78 Å². The number of carbonyl (C=O) groups excluding carboxylic acids is 1. The molecule has 0 saturated carbocycles. The molecule has 42 heavy (non-hydrogen) atoms. The zero-order chi connectivity index (χ0) is 29.5. The van der Waals surface area contributed by atoms with Crippen LogP contribution in [-0.2, 0) is 13.0 Å². The second-order valence-electron chi connectivity index (χ2n) is 11.0. The van der Waals surface area contributed by atoms with Gasteiger partial charge >= 0.3 is 0 Å². The SMILES string of the molecule is CN1CCC(N2Cc3cc4c(cc3C2=O)N=C(c2c(NC[C@@H](O)COc3cc(F)cc(F)c3Cl)cc[nH]c2=O)C4)CC1. The highest BCUT2D eigenvalue weighted by Crippen LogP contribution is 2.37. The second-order valence-corrected chi connectivity index (χ2v) is 11.4. The molecule has 0 bridgehead atoms.